The minimum absolute atomic E-state index is 0.127. The van der Waals surface area contributed by atoms with Gasteiger partial charge < -0.3 is 14.5 Å². The van der Waals surface area contributed by atoms with Gasteiger partial charge in [0.1, 0.15) is 17.3 Å². The summed E-state index contributed by atoms with van der Waals surface area (Å²) in [6, 6.07) is 9.68. The van der Waals surface area contributed by atoms with Gasteiger partial charge in [-0.1, -0.05) is 12.1 Å². The fraction of sp³-hybridized carbons (Fsp3) is 0.385. The van der Waals surface area contributed by atoms with Crippen molar-refractivity contribution in [2.24, 2.45) is 7.05 Å². The van der Waals surface area contributed by atoms with Crippen LogP contribution < -0.4 is 4.74 Å². The average Bonchev–Trinajstić information content (AvgIpc) is 3.01. The van der Waals surface area contributed by atoms with E-state index in [1.54, 1.807) is 36.2 Å². The van der Waals surface area contributed by atoms with Crippen molar-refractivity contribution in [3.05, 3.63) is 59.0 Å². The number of carbonyl (C=O) groups is 3. The smallest absolute Gasteiger partial charge is 0.296 e. The molecule has 0 bridgehead atoms. The molecule has 36 heavy (non-hydrogen) atoms. The fourth-order valence-corrected chi connectivity index (χ4v) is 4.49. The topological polar surface area (TPSA) is 88.0 Å². The molecule has 1 aliphatic heterocycles. The largest absolute Gasteiger partial charge is 0.496 e. The Labute approximate surface area is 209 Å². The lowest BCUT2D eigenvalue weighted by Crippen LogP contribution is -2.35. The molecule has 0 saturated carbocycles. The van der Waals surface area contributed by atoms with E-state index in [4.69, 9.17) is 4.74 Å². The molecule has 1 fully saturated rings. The third-order valence-corrected chi connectivity index (χ3v) is 6.40. The van der Waals surface area contributed by atoms with Crippen molar-refractivity contribution in [1.29, 1.82) is 0 Å². The van der Waals surface area contributed by atoms with Gasteiger partial charge in [0.2, 0.25) is 0 Å². The van der Waals surface area contributed by atoms with Crippen LogP contribution >= 0.6 is 0 Å². The van der Waals surface area contributed by atoms with Gasteiger partial charge in [-0.05, 0) is 30.2 Å². The Kier molecular flexibility index (Phi) is 7.35. The molecule has 0 atom stereocenters. The molecule has 0 unspecified atom stereocenters. The van der Waals surface area contributed by atoms with E-state index in [1.807, 2.05) is 0 Å². The van der Waals surface area contributed by atoms with Crippen molar-refractivity contribution in [3.63, 3.8) is 0 Å². The van der Waals surface area contributed by atoms with Gasteiger partial charge in [0.15, 0.2) is 0 Å². The van der Waals surface area contributed by atoms with Crippen LogP contribution in [0.5, 0.6) is 5.75 Å². The summed E-state index contributed by atoms with van der Waals surface area (Å²) in [6.45, 7) is 3.24. The Hall–Kier alpha value is -3.79. The predicted octanol–water partition coefficient (Wildman–Crippen LogP) is 2.34. The van der Waals surface area contributed by atoms with Crippen molar-refractivity contribution >= 4 is 28.5 Å². The Morgan fingerprint density at radius 1 is 1.06 bits per heavy atom. The molecule has 4 rings (SSSR count). The van der Waals surface area contributed by atoms with Gasteiger partial charge in [0.25, 0.3) is 17.6 Å². The summed E-state index contributed by atoms with van der Waals surface area (Å²) < 4.78 is 20.1. The maximum Gasteiger partial charge on any atom is 0.296 e. The van der Waals surface area contributed by atoms with Crippen LogP contribution in [-0.4, -0.2) is 89.5 Å². The number of aromatic nitrogens is 2. The van der Waals surface area contributed by atoms with Crippen LogP contribution in [0.3, 0.4) is 0 Å². The van der Waals surface area contributed by atoms with E-state index in [-0.39, 0.29) is 17.4 Å². The molecule has 2 amide bonds. The molecule has 0 aliphatic carbocycles. The van der Waals surface area contributed by atoms with E-state index in [0.717, 1.165) is 18.5 Å². The van der Waals surface area contributed by atoms with E-state index in [9.17, 15) is 18.8 Å². The number of carbonyl (C=O) groups excluding carboxylic acids is 3. The minimum atomic E-state index is -0.695. The number of halogens is 1. The Bertz CT molecular complexity index is 1300. The van der Waals surface area contributed by atoms with E-state index in [0.29, 0.717) is 48.4 Å². The second kappa shape index (κ2) is 10.4. The van der Waals surface area contributed by atoms with Gasteiger partial charge in [0, 0.05) is 65.3 Å². The van der Waals surface area contributed by atoms with Crippen LogP contribution in [0.2, 0.25) is 0 Å². The highest BCUT2D eigenvalue weighted by Gasteiger charge is 2.28. The van der Waals surface area contributed by atoms with Gasteiger partial charge in [-0.15, -0.1) is 0 Å². The van der Waals surface area contributed by atoms with E-state index in [1.165, 1.54) is 42.9 Å². The molecule has 3 aromatic rings. The standard InChI is InChI=1S/C26H30FN5O4/c1-29(2)26(35)24(33)23-19-14-20(22(36-4)15-21(19)28-30(23)3)25(34)32-11-5-10-31(12-13-32)16-17-6-8-18(27)9-7-17/h6-9,14-15H,5,10-13,16H2,1-4H3. The zero-order chi connectivity index (χ0) is 26.0. The molecule has 1 aromatic heterocycles. The molecular formula is C26H30FN5O4. The molecule has 1 saturated heterocycles. The molecule has 0 radical (unpaired) electrons. The third-order valence-electron chi connectivity index (χ3n) is 6.40. The first-order chi connectivity index (χ1) is 17.2. The SMILES string of the molecule is COc1cc2nn(C)c(C(=O)C(=O)N(C)C)c2cc1C(=O)N1CCCN(Cc2ccc(F)cc2)CC1. The first-order valence-corrected chi connectivity index (χ1v) is 11.8. The number of ether oxygens (including phenoxy) is 1. The summed E-state index contributed by atoms with van der Waals surface area (Å²) in [5.74, 6) is -1.48. The number of aryl methyl sites for hydroxylation is 1. The number of hydrogen-bond donors (Lipinski definition) is 0. The molecule has 0 spiro atoms. The van der Waals surface area contributed by atoms with Crippen molar-refractivity contribution < 1.29 is 23.5 Å². The summed E-state index contributed by atoms with van der Waals surface area (Å²) >= 11 is 0. The summed E-state index contributed by atoms with van der Waals surface area (Å²) in [6.07, 6.45) is 0.783. The number of nitrogens with zero attached hydrogens (tertiary/aromatic N) is 5. The number of likely N-dealkylation sites (N-methyl/N-ethyl adjacent to an activating group) is 1. The second-order valence-corrected chi connectivity index (χ2v) is 9.12. The van der Waals surface area contributed by atoms with E-state index < -0.39 is 11.7 Å². The summed E-state index contributed by atoms with van der Waals surface area (Å²) in [5, 5.41) is 4.78. The summed E-state index contributed by atoms with van der Waals surface area (Å²) in [5.41, 5.74) is 1.92. The number of amides is 2. The van der Waals surface area contributed by atoms with Gasteiger partial charge >= 0.3 is 0 Å². The Balaban J connectivity index is 1.59. The molecule has 2 aromatic carbocycles. The zero-order valence-electron chi connectivity index (χ0n) is 21.0. The van der Waals surface area contributed by atoms with Crippen LogP contribution in [0.1, 0.15) is 32.8 Å². The van der Waals surface area contributed by atoms with Crippen LogP contribution in [0.4, 0.5) is 4.39 Å². The van der Waals surface area contributed by atoms with E-state index >= 15 is 0 Å². The molecular weight excluding hydrogens is 465 g/mol. The van der Waals surface area contributed by atoms with Crippen molar-refractivity contribution in [2.45, 2.75) is 13.0 Å². The number of benzene rings is 2. The lowest BCUT2D eigenvalue weighted by Gasteiger charge is -2.23. The van der Waals surface area contributed by atoms with Gasteiger partial charge in [-0.3, -0.25) is 24.0 Å². The molecule has 2 heterocycles. The first kappa shape index (κ1) is 25.3. The summed E-state index contributed by atoms with van der Waals surface area (Å²) in [7, 11) is 6.09. The molecule has 1 aliphatic rings. The second-order valence-electron chi connectivity index (χ2n) is 9.12. The van der Waals surface area contributed by atoms with Crippen LogP contribution in [0, 0.1) is 5.82 Å². The lowest BCUT2D eigenvalue weighted by molar-refractivity contribution is -0.124. The molecule has 10 heteroatoms. The van der Waals surface area contributed by atoms with Gasteiger partial charge in [-0.25, -0.2) is 4.39 Å². The predicted molar refractivity (Wildman–Crippen MR) is 132 cm³/mol. The van der Waals surface area contributed by atoms with Crippen LogP contribution in [-0.2, 0) is 18.4 Å². The number of rotatable bonds is 6. The van der Waals surface area contributed by atoms with Crippen molar-refractivity contribution in [2.75, 3.05) is 47.4 Å². The van der Waals surface area contributed by atoms with Gasteiger partial charge in [0.05, 0.1) is 18.2 Å². The molecule has 190 valence electrons. The average molecular weight is 496 g/mol. The van der Waals surface area contributed by atoms with E-state index in [2.05, 4.69) is 10.00 Å². The quantitative estimate of drug-likeness (QED) is 0.385. The Morgan fingerprint density at radius 2 is 1.78 bits per heavy atom. The Morgan fingerprint density at radius 3 is 2.44 bits per heavy atom. The first-order valence-electron chi connectivity index (χ1n) is 11.8. The third kappa shape index (κ3) is 5.08. The van der Waals surface area contributed by atoms with Crippen molar-refractivity contribution in [1.82, 2.24) is 24.5 Å². The fourth-order valence-electron chi connectivity index (χ4n) is 4.49. The molecule has 9 nitrogen and oxygen atoms in total. The monoisotopic (exact) mass is 495 g/mol. The number of Topliss-reactive ketones (excluding diaryl/α,β-unsaturated/α-hetero) is 1. The van der Waals surface area contributed by atoms with Gasteiger partial charge in [-0.2, -0.15) is 5.10 Å². The molecule has 0 N–H and O–H groups in total. The maximum atomic E-state index is 13.6. The highest BCUT2D eigenvalue weighted by Crippen LogP contribution is 2.29. The highest BCUT2D eigenvalue weighted by molar-refractivity contribution is 6.44. The highest BCUT2D eigenvalue weighted by atomic mass is 19.1. The number of hydrogen-bond acceptors (Lipinski definition) is 6. The number of methoxy groups -OCH3 is 1. The summed E-state index contributed by atoms with van der Waals surface area (Å²) in [4.78, 5) is 44.1. The number of fused-ring (bicyclic) bond motifs is 1. The maximum absolute atomic E-state index is 13.6. The minimum Gasteiger partial charge on any atom is -0.496 e. The van der Waals surface area contributed by atoms with Crippen LogP contribution in [0.25, 0.3) is 10.9 Å². The number of ketones is 1. The zero-order valence-corrected chi connectivity index (χ0v) is 21.0. The normalized spacial score (nSPS) is 14.5. The van der Waals surface area contributed by atoms with Crippen LogP contribution in [0.15, 0.2) is 36.4 Å². The lowest BCUT2D eigenvalue weighted by atomic mass is 10.1. The van der Waals surface area contributed by atoms with Crippen molar-refractivity contribution in [3.8, 4) is 5.75 Å².